The Morgan fingerprint density at radius 3 is 1.07 bits per heavy atom. The molecular weight excluding hydrogens is 760 g/mol. The van der Waals surface area contributed by atoms with E-state index in [1.54, 1.807) is 0 Å². The molecule has 3 heterocycles. The van der Waals surface area contributed by atoms with Gasteiger partial charge in [0.1, 0.15) is 12.7 Å². The van der Waals surface area contributed by atoms with Gasteiger partial charge in [0.25, 0.3) is 0 Å². The lowest BCUT2D eigenvalue weighted by Gasteiger charge is -2.43. The molecule has 0 saturated carbocycles. The van der Waals surface area contributed by atoms with Crippen LogP contribution in [0.1, 0.15) is 41.4 Å². The van der Waals surface area contributed by atoms with Crippen molar-refractivity contribution >= 4 is 23.9 Å². The van der Waals surface area contributed by atoms with Gasteiger partial charge >= 0.3 is 23.9 Å². The molecule has 2 unspecified atom stereocenters. The minimum Gasteiger partial charge on any atom is -0.504 e. The van der Waals surface area contributed by atoms with Crippen molar-refractivity contribution in [1.82, 2.24) is 0 Å². The molecule has 7 rings (SSSR count). The van der Waals surface area contributed by atoms with Crippen molar-refractivity contribution in [3.63, 3.8) is 0 Å². The molecule has 0 spiro atoms. The van der Waals surface area contributed by atoms with Gasteiger partial charge in [0.2, 0.25) is 23.0 Å². The van der Waals surface area contributed by atoms with E-state index in [4.69, 9.17) is 23.7 Å². The fourth-order valence-corrected chi connectivity index (χ4v) is 6.46. The van der Waals surface area contributed by atoms with Gasteiger partial charge in [0, 0.05) is 22.3 Å². The van der Waals surface area contributed by atoms with Crippen LogP contribution in [0.25, 0.3) is 22.3 Å². The summed E-state index contributed by atoms with van der Waals surface area (Å²) in [6, 6.07) is 1.96. The zero-order valence-electron chi connectivity index (χ0n) is 27.4. The number of carbonyl (C=O) groups excluding carboxylic acids is 4. The first-order valence-corrected chi connectivity index (χ1v) is 15.6. The number of benzene rings is 4. The number of aliphatic hydroxyl groups is 1. The summed E-state index contributed by atoms with van der Waals surface area (Å²) in [5, 5.41) is 137. The number of fused-ring (bicyclic) bond motifs is 9. The Morgan fingerprint density at radius 1 is 0.411 bits per heavy atom. The highest BCUT2D eigenvalue weighted by molar-refractivity contribution is 6.10. The molecule has 5 atom stereocenters. The molecule has 0 bridgehead atoms. The molecule has 22 nitrogen and oxygen atoms in total. The maximum Gasteiger partial charge on any atom is 0.339 e. The Morgan fingerprint density at radius 2 is 0.714 bits per heavy atom. The molecule has 1 fully saturated rings. The second kappa shape index (κ2) is 12.7. The van der Waals surface area contributed by atoms with Gasteiger partial charge < -0.3 is 90.1 Å². The van der Waals surface area contributed by atoms with Crippen LogP contribution in [0.2, 0.25) is 0 Å². The molecule has 3 aliphatic rings. The third-order valence-corrected chi connectivity index (χ3v) is 9.11. The minimum absolute atomic E-state index is 0.465. The number of hydrogen-bond donors (Lipinski definition) is 13. The maximum absolute atomic E-state index is 14.1. The fraction of sp³-hybridized carbons (Fsp3) is 0.176. The van der Waals surface area contributed by atoms with Gasteiger partial charge in [-0.05, 0) is 24.3 Å². The summed E-state index contributed by atoms with van der Waals surface area (Å²) in [5.74, 6) is -21.9. The Kier molecular flexibility index (Phi) is 8.31. The molecule has 0 aromatic heterocycles. The zero-order valence-corrected chi connectivity index (χ0v) is 27.4. The SMILES string of the molecule is O=C1OCC2OC(O)[C@H]3OC(=O)c4cc(O)c(O)c(O)c4-c4c(cc(O)c(O)c4O)C(=O)O[C@@H]3[C@H]2OC(=O)c2cc(O)c(O)c(O)c2-c2c1cc(O)c(O)c2O. The van der Waals surface area contributed by atoms with E-state index in [2.05, 4.69) is 0 Å². The summed E-state index contributed by atoms with van der Waals surface area (Å²) in [4.78, 5) is 55.3. The first-order valence-electron chi connectivity index (χ1n) is 15.6. The second-order valence-corrected chi connectivity index (χ2v) is 12.3. The van der Waals surface area contributed by atoms with Crippen LogP contribution in [-0.4, -0.2) is 128 Å². The Hall–Kier alpha value is -7.72. The lowest BCUT2D eigenvalue weighted by molar-refractivity contribution is -0.284. The van der Waals surface area contributed by atoms with E-state index in [1.165, 1.54) is 0 Å². The van der Waals surface area contributed by atoms with Crippen molar-refractivity contribution in [2.75, 3.05) is 6.61 Å². The van der Waals surface area contributed by atoms with Crippen molar-refractivity contribution in [2.45, 2.75) is 30.7 Å². The van der Waals surface area contributed by atoms with E-state index in [0.717, 1.165) is 0 Å². The third-order valence-electron chi connectivity index (χ3n) is 9.11. The van der Waals surface area contributed by atoms with Crippen LogP contribution in [0.15, 0.2) is 24.3 Å². The highest BCUT2D eigenvalue weighted by Gasteiger charge is 2.54. The number of cyclic esters (lactones) is 1. The fourth-order valence-electron chi connectivity index (χ4n) is 6.46. The van der Waals surface area contributed by atoms with Crippen LogP contribution in [0.3, 0.4) is 0 Å². The molecule has 13 N–H and O–H groups in total. The van der Waals surface area contributed by atoms with Crippen molar-refractivity contribution < 1.29 is 109 Å². The number of esters is 4. The summed E-state index contributed by atoms with van der Waals surface area (Å²) in [6.45, 7) is -1.08. The maximum atomic E-state index is 14.1. The number of phenols is 12. The number of carbonyl (C=O) groups is 4. The number of rotatable bonds is 0. The molecule has 4 aromatic carbocycles. The predicted octanol–water partition coefficient (Wildman–Crippen LogP) is 0.665. The summed E-state index contributed by atoms with van der Waals surface area (Å²) < 4.78 is 27.2. The molecular formula is C34H24O22. The van der Waals surface area contributed by atoms with E-state index in [1.807, 2.05) is 0 Å². The van der Waals surface area contributed by atoms with Crippen molar-refractivity contribution in [2.24, 2.45) is 0 Å². The molecule has 4 aromatic rings. The van der Waals surface area contributed by atoms with Gasteiger partial charge in [-0.15, -0.1) is 0 Å². The molecule has 0 aliphatic carbocycles. The lowest BCUT2D eigenvalue weighted by Crippen LogP contribution is -2.62. The van der Waals surface area contributed by atoms with Crippen molar-refractivity contribution in [3.8, 4) is 91.2 Å². The van der Waals surface area contributed by atoms with Crippen LogP contribution in [0, 0.1) is 0 Å². The van der Waals surface area contributed by atoms with E-state index in [0.29, 0.717) is 24.3 Å². The first kappa shape index (κ1) is 36.6. The minimum atomic E-state index is -2.40. The van der Waals surface area contributed by atoms with E-state index < -0.39 is 175 Å². The highest BCUT2D eigenvalue weighted by Crippen LogP contribution is 2.55. The third kappa shape index (κ3) is 5.34. The summed E-state index contributed by atoms with van der Waals surface area (Å²) in [7, 11) is 0. The van der Waals surface area contributed by atoms with Gasteiger partial charge in [-0.3, -0.25) is 0 Å². The number of aromatic hydroxyl groups is 12. The van der Waals surface area contributed by atoms with Crippen LogP contribution >= 0.6 is 0 Å². The Labute approximate surface area is 308 Å². The molecule has 56 heavy (non-hydrogen) atoms. The smallest absolute Gasteiger partial charge is 0.339 e. The lowest BCUT2D eigenvalue weighted by atomic mass is 9.91. The molecule has 1 saturated heterocycles. The van der Waals surface area contributed by atoms with Gasteiger partial charge in [0.05, 0.1) is 22.3 Å². The monoisotopic (exact) mass is 784 g/mol. The topological polar surface area (TPSA) is 377 Å². The van der Waals surface area contributed by atoms with Gasteiger partial charge in [0.15, 0.2) is 70.6 Å². The van der Waals surface area contributed by atoms with Crippen LogP contribution in [-0.2, 0) is 23.7 Å². The van der Waals surface area contributed by atoms with Crippen LogP contribution in [0.4, 0.5) is 0 Å². The van der Waals surface area contributed by atoms with E-state index in [-0.39, 0.29) is 0 Å². The standard InChI is InChI=1S/C34H24O22/c35-10-1-6-15(23(43)19(10)39)16-7(2-11(36)20(40)24(16)44)31(48)54-27-14(5-52-30(6)47)53-34(51)29-28(27)55-32(49)8-3-12(37)21(41)25(45)17(8)18-9(33(50)56-29)4-13(38)22(42)26(18)46/h1-4,14,27-29,34-46,51H,5H2/t14?,27-,28+,29-,34?/m0/s1. The van der Waals surface area contributed by atoms with Gasteiger partial charge in [-0.25, -0.2) is 19.2 Å². The average molecular weight is 785 g/mol. The molecule has 22 heteroatoms. The Bertz CT molecular complexity index is 2440. The van der Waals surface area contributed by atoms with Crippen molar-refractivity contribution in [3.05, 3.63) is 46.5 Å². The Balaban J connectivity index is 1.44. The molecule has 3 aliphatic heterocycles. The molecule has 292 valence electrons. The number of aliphatic hydroxyl groups excluding tert-OH is 1. The summed E-state index contributed by atoms with van der Waals surface area (Å²) >= 11 is 0. The number of phenolic OH excluding ortho intramolecular Hbond substituents is 12. The van der Waals surface area contributed by atoms with Crippen molar-refractivity contribution in [1.29, 1.82) is 0 Å². The van der Waals surface area contributed by atoms with Crippen LogP contribution < -0.4 is 0 Å². The van der Waals surface area contributed by atoms with Crippen LogP contribution in [0.5, 0.6) is 69.0 Å². The quantitative estimate of drug-likeness (QED) is 0.0661. The highest BCUT2D eigenvalue weighted by atomic mass is 16.7. The first-order chi connectivity index (χ1) is 26.3. The molecule has 0 radical (unpaired) electrons. The average Bonchev–Trinajstić information content (AvgIpc) is 3.16. The zero-order chi connectivity index (χ0) is 40.8. The number of hydrogen-bond acceptors (Lipinski definition) is 22. The predicted molar refractivity (Wildman–Crippen MR) is 173 cm³/mol. The largest absolute Gasteiger partial charge is 0.504 e. The van der Waals surface area contributed by atoms with Gasteiger partial charge in [-0.2, -0.15) is 0 Å². The molecule has 0 amide bonds. The van der Waals surface area contributed by atoms with E-state index >= 15 is 0 Å². The summed E-state index contributed by atoms with van der Waals surface area (Å²) in [5.41, 5.74) is -7.76. The van der Waals surface area contributed by atoms with E-state index in [9.17, 15) is 85.6 Å². The second-order valence-electron chi connectivity index (χ2n) is 12.3. The normalized spacial score (nSPS) is 21.8. The number of ether oxygens (including phenoxy) is 5. The summed E-state index contributed by atoms with van der Waals surface area (Å²) in [6.07, 6.45) is -11.1. The van der Waals surface area contributed by atoms with Gasteiger partial charge in [-0.1, -0.05) is 0 Å².